The maximum absolute atomic E-state index is 12.3. The molecule has 0 radical (unpaired) electrons. The van der Waals surface area contributed by atoms with E-state index in [1.54, 1.807) is 7.11 Å². The molecule has 0 saturated carbocycles. The van der Waals surface area contributed by atoms with Gasteiger partial charge in [0.15, 0.2) is 0 Å². The average Bonchev–Trinajstić information content (AvgIpc) is 2.63. The first-order valence-corrected chi connectivity index (χ1v) is 7.67. The predicted octanol–water partition coefficient (Wildman–Crippen LogP) is 2.23. The third-order valence-electron chi connectivity index (χ3n) is 3.13. The molecular weight excluding hydrogens is 348 g/mol. The third-order valence-corrected chi connectivity index (χ3v) is 3.46. The minimum atomic E-state index is -0.529. The molecule has 0 unspecified atom stereocenters. The van der Waals surface area contributed by atoms with Crippen molar-refractivity contribution in [2.75, 3.05) is 38.0 Å². The number of nitrogens with one attached hydrogen (secondary N) is 2. The van der Waals surface area contributed by atoms with Crippen LogP contribution in [0.3, 0.4) is 0 Å². The average molecular weight is 365 g/mol. The highest BCUT2D eigenvalue weighted by atomic mass is 35.5. The molecule has 0 aliphatic heterocycles. The molecule has 0 saturated heterocycles. The molecule has 0 spiro atoms. The van der Waals surface area contributed by atoms with Crippen LogP contribution in [0.15, 0.2) is 30.6 Å². The number of amides is 1. The summed E-state index contributed by atoms with van der Waals surface area (Å²) in [4.78, 5) is 32.0. The molecule has 8 nitrogen and oxygen atoms in total. The van der Waals surface area contributed by atoms with Crippen molar-refractivity contribution in [3.05, 3.63) is 46.9 Å². The van der Waals surface area contributed by atoms with Gasteiger partial charge in [-0.3, -0.25) is 4.79 Å². The van der Waals surface area contributed by atoms with Crippen LogP contribution in [0.4, 0.5) is 11.5 Å². The van der Waals surface area contributed by atoms with Crippen LogP contribution in [-0.4, -0.2) is 49.2 Å². The second-order valence-corrected chi connectivity index (χ2v) is 5.25. The van der Waals surface area contributed by atoms with E-state index in [1.807, 2.05) is 0 Å². The van der Waals surface area contributed by atoms with Crippen molar-refractivity contribution in [2.45, 2.75) is 0 Å². The van der Waals surface area contributed by atoms with Gasteiger partial charge >= 0.3 is 5.97 Å². The number of esters is 1. The van der Waals surface area contributed by atoms with E-state index >= 15 is 0 Å². The lowest BCUT2D eigenvalue weighted by atomic mass is 10.2. The fraction of sp³-hybridized carbons (Fsp3) is 0.250. The van der Waals surface area contributed by atoms with Gasteiger partial charge in [0, 0.05) is 13.7 Å². The maximum Gasteiger partial charge on any atom is 0.337 e. The Balaban J connectivity index is 2.07. The molecule has 0 atom stereocenters. The molecule has 0 aliphatic rings. The lowest BCUT2D eigenvalue weighted by molar-refractivity contribution is 0.0600. The molecule has 1 aromatic carbocycles. The quantitative estimate of drug-likeness (QED) is 0.573. The molecule has 0 aliphatic carbocycles. The summed E-state index contributed by atoms with van der Waals surface area (Å²) in [5.74, 6) is -0.502. The van der Waals surface area contributed by atoms with Crippen LogP contribution < -0.4 is 10.6 Å². The van der Waals surface area contributed by atoms with Crippen LogP contribution >= 0.6 is 11.6 Å². The third kappa shape index (κ3) is 5.13. The number of aromatic nitrogens is 2. The van der Waals surface area contributed by atoms with E-state index in [0.29, 0.717) is 19.0 Å². The van der Waals surface area contributed by atoms with Crippen molar-refractivity contribution < 1.29 is 19.1 Å². The second-order valence-electron chi connectivity index (χ2n) is 4.85. The van der Waals surface area contributed by atoms with Crippen molar-refractivity contribution in [1.82, 2.24) is 9.97 Å². The van der Waals surface area contributed by atoms with Gasteiger partial charge in [0.1, 0.15) is 11.5 Å². The summed E-state index contributed by atoms with van der Waals surface area (Å²) in [6.07, 6.45) is 2.78. The van der Waals surface area contributed by atoms with Gasteiger partial charge in [-0.15, -0.1) is 0 Å². The number of hydrogen-bond acceptors (Lipinski definition) is 7. The maximum atomic E-state index is 12.3. The molecule has 2 aromatic rings. The summed E-state index contributed by atoms with van der Waals surface area (Å²) < 4.78 is 9.56. The molecule has 1 amide bonds. The van der Waals surface area contributed by atoms with Gasteiger partial charge in [-0.2, -0.15) is 0 Å². The number of halogens is 1. The summed E-state index contributed by atoms with van der Waals surface area (Å²) >= 11 is 6.05. The number of carbonyl (C=O) groups is 2. The van der Waals surface area contributed by atoms with Crippen molar-refractivity contribution in [1.29, 1.82) is 0 Å². The van der Waals surface area contributed by atoms with Gasteiger partial charge in [0.25, 0.3) is 5.91 Å². The van der Waals surface area contributed by atoms with E-state index in [2.05, 4.69) is 25.3 Å². The molecule has 25 heavy (non-hydrogen) atoms. The van der Waals surface area contributed by atoms with E-state index in [1.165, 1.54) is 37.7 Å². The lowest BCUT2D eigenvalue weighted by Crippen LogP contribution is -2.16. The zero-order chi connectivity index (χ0) is 18.2. The topological polar surface area (TPSA) is 102 Å². The van der Waals surface area contributed by atoms with Crippen molar-refractivity contribution in [2.24, 2.45) is 0 Å². The Hall–Kier alpha value is -2.71. The number of carbonyl (C=O) groups excluding carboxylic acids is 2. The van der Waals surface area contributed by atoms with Gasteiger partial charge in [-0.1, -0.05) is 11.6 Å². The number of benzene rings is 1. The normalized spacial score (nSPS) is 10.2. The Morgan fingerprint density at radius 1 is 1.20 bits per heavy atom. The smallest absolute Gasteiger partial charge is 0.337 e. The van der Waals surface area contributed by atoms with Crippen LogP contribution in [-0.2, 0) is 9.47 Å². The summed E-state index contributed by atoms with van der Waals surface area (Å²) in [5.41, 5.74) is 0.654. The Kier molecular flexibility index (Phi) is 6.67. The van der Waals surface area contributed by atoms with Crippen molar-refractivity contribution >= 4 is 35.0 Å². The minimum absolute atomic E-state index is 0.108. The summed E-state index contributed by atoms with van der Waals surface area (Å²) in [6.45, 7) is 1.10. The van der Waals surface area contributed by atoms with E-state index in [9.17, 15) is 9.59 Å². The first-order valence-electron chi connectivity index (χ1n) is 7.29. The molecule has 132 valence electrons. The van der Waals surface area contributed by atoms with E-state index in [0.717, 1.165) is 0 Å². The number of nitrogens with zero attached hydrogens (tertiary/aromatic N) is 2. The molecule has 9 heteroatoms. The monoisotopic (exact) mass is 364 g/mol. The van der Waals surface area contributed by atoms with Crippen molar-refractivity contribution in [3.8, 4) is 0 Å². The first-order chi connectivity index (χ1) is 12.0. The highest BCUT2D eigenvalue weighted by Crippen LogP contribution is 2.24. The van der Waals surface area contributed by atoms with Gasteiger partial charge in [0.2, 0.25) is 0 Å². The highest BCUT2D eigenvalue weighted by Gasteiger charge is 2.13. The highest BCUT2D eigenvalue weighted by molar-refractivity contribution is 6.34. The fourth-order valence-corrected chi connectivity index (χ4v) is 2.03. The molecule has 0 fully saturated rings. The fourth-order valence-electron chi connectivity index (χ4n) is 1.87. The van der Waals surface area contributed by atoms with Crippen LogP contribution in [0.5, 0.6) is 0 Å². The Morgan fingerprint density at radius 3 is 2.64 bits per heavy atom. The SMILES string of the molecule is COCCNc1cnc(C(=O)Nc2cc(C(=O)OC)ccc2Cl)cn1. The minimum Gasteiger partial charge on any atom is -0.465 e. The molecule has 0 bridgehead atoms. The molecular formula is C16H17ClN4O4. The Labute approximate surface area is 149 Å². The number of hydrogen-bond donors (Lipinski definition) is 2. The van der Waals surface area contributed by atoms with Gasteiger partial charge in [-0.05, 0) is 18.2 Å². The van der Waals surface area contributed by atoms with Crippen LogP contribution in [0.25, 0.3) is 0 Å². The van der Waals surface area contributed by atoms with Gasteiger partial charge < -0.3 is 20.1 Å². The second kappa shape index (κ2) is 8.95. The summed E-state index contributed by atoms with van der Waals surface area (Å²) in [7, 11) is 2.87. The van der Waals surface area contributed by atoms with Crippen LogP contribution in [0, 0.1) is 0 Å². The molecule has 2 N–H and O–H groups in total. The summed E-state index contributed by atoms with van der Waals surface area (Å²) in [6, 6.07) is 4.43. The largest absolute Gasteiger partial charge is 0.465 e. The number of ether oxygens (including phenoxy) is 2. The zero-order valence-corrected chi connectivity index (χ0v) is 14.5. The first kappa shape index (κ1) is 18.6. The Bertz CT molecular complexity index is 752. The zero-order valence-electron chi connectivity index (χ0n) is 13.7. The lowest BCUT2D eigenvalue weighted by Gasteiger charge is -2.09. The predicted molar refractivity (Wildman–Crippen MR) is 93.1 cm³/mol. The Morgan fingerprint density at radius 2 is 2.00 bits per heavy atom. The number of anilines is 2. The van der Waals surface area contributed by atoms with Gasteiger partial charge in [0.05, 0.1) is 42.4 Å². The van der Waals surface area contributed by atoms with Crippen molar-refractivity contribution in [3.63, 3.8) is 0 Å². The molecule has 2 rings (SSSR count). The van der Waals surface area contributed by atoms with Gasteiger partial charge in [-0.25, -0.2) is 14.8 Å². The van der Waals surface area contributed by atoms with Crippen LogP contribution in [0.1, 0.15) is 20.8 Å². The number of rotatable bonds is 7. The molecule has 1 heterocycles. The standard InChI is InChI=1S/C16H17ClN4O4/c1-24-6-5-18-14-9-19-13(8-20-14)15(22)21-12-7-10(16(23)25-2)3-4-11(12)17/h3-4,7-9H,5-6H2,1-2H3,(H,18,20)(H,21,22). The van der Waals surface area contributed by atoms with E-state index in [-0.39, 0.29) is 22.0 Å². The van der Waals surface area contributed by atoms with Crippen LogP contribution in [0.2, 0.25) is 5.02 Å². The summed E-state index contributed by atoms with van der Waals surface area (Å²) in [5, 5.41) is 5.87. The number of methoxy groups -OCH3 is 2. The van der Waals surface area contributed by atoms with E-state index in [4.69, 9.17) is 16.3 Å². The molecule has 1 aromatic heterocycles. The van der Waals surface area contributed by atoms with E-state index < -0.39 is 11.9 Å².